The second kappa shape index (κ2) is 5.68. The van der Waals surface area contributed by atoms with E-state index in [9.17, 15) is 0 Å². The Balaban J connectivity index is 1.43. The van der Waals surface area contributed by atoms with Crippen molar-refractivity contribution in [1.29, 1.82) is 0 Å². The van der Waals surface area contributed by atoms with E-state index in [0.29, 0.717) is 0 Å². The highest BCUT2D eigenvalue weighted by molar-refractivity contribution is 5.02. The molecule has 1 unspecified atom stereocenters. The fraction of sp³-hybridized carbons (Fsp3) is 1.00. The van der Waals surface area contributed by atoms with Crippen molar-refractivity contribution in [2.45, 2.75) is 43.7 Å². The Morgan fingerprint density at radius 2 is 2.11 bits per heavy atom. The zero-order chi connectivity index (χ0) is 13.3. The SMILES string of the molecule is CN(CCOCC1CC1)C1(CN)CCN(C2CC2)C1. The van der Waals surface area contributed by atoms with Gasteiger partial charge in [0.1, 0.15) is 0 Å². The molecule has 0 amide bonds. The molecule has 1 heterocycles. The summed E-state index contributed by atoms with van der Waals surface area (Å²) in [6.07, 6.45) is 6.76. The third kappa shape index (κ3) is 3.30. The summed E-state index contributed by atoms with van der Waals surface area (Å²) in [6, 6.07) is 0.868. The van der Waals surface area contributed by atoms with Gasteiger partial charge < -0.3 is 10.5 Å². The van der Waals surface area contributed by atoms with Crippen molar-refractivity contribution in [3.05, 3.63) is 0 Å². The van der Waals surface area contributed by atoms with Gasteiger partial charge >= 0.3 is 0 Å². The third-order valence-corrected chi connectivity index (χ3v) is 5.24. The molecule has 110 valence electrons. The molecule has 0 radical (unpaired) electrons. The zero-order valence-corrected chi connectivity index (χ0v) is 12.3. The van der Waals surface area contributed by atoms with Gasteiger partial charge in [0.05, 0.1) is 6.61 Å². The number of nitrogens with two attached hydrogens (primary N) is 1. The molecule has 1 atom stereocenters. The fourth-order valence-electron chi connectivity index (χ4n) is 3.25. The van der Waals surface area contributed by atoms with Gasteiger partial charge in [0, 0.05) is 44.4 Å². The smallest absolute Gasteiger partial charge is 0.0593 e. The number of hydrogen-bond donors (Lipinski definition) is 1. The summed E-state index contributed by atoms with van der Waals surface area (Å²) in [5.41, 5.74) is 6.31. The lowest BCUT2D eigenvalue weighted by molar-refractivity contribution is 0.0613. The molecule has 3 aliphatic rings. The van der Waals surface area contributed by atoms with Gasteiger partial charge in [0.2, 0.25) is 0 Å². The van der Waals surface area contributed by atoms with Gasteiger partial charge in [0.15, 0.2) is 0 Å². The lowest BCUT2D eigenvalue weighted by atomic mass is 9.97. The highest BCUT2D eigenvalue weighted by Crippen LogP contribution is 2.35. The van der Waals surface area contributed by atoms with Crippen molar-refractivity contribution in [2.75, 3.05) is 46.4 Å². The van der Waals surface area contributed by atoms with Crippen LogP contribution in [0.5, 0.6) is 0 Å². The molecule has 0 spiro atoms. The van der Waals surface area contributed by atoms with Gasteiger partial charge in [0.25, 0.3) is 0 Å². The van der Waals surface area contributed by atoms with Crippen LogP contribution < -0.4 is 5.73 Å². The average Bonchev–Trinajstić information content (AvgIpc) is 3.34. The number of likely N-dealkylation sites (tertiary alicyclic amines) is 1. The van der Waals surface area contributed by atoms with E-state index in [2.05, 4.69) is 16.8 Å². The van der Waals surface area contributed by atoms with Crippen molar-refractivity contribution in [3.8, 4) is 0 Å². The highest BCUT2D eigenvalue weighted by Gasteiger charge is 2.44. The maximum Gasteiger partial charge on any atom is 0.0593 e. The second-order valence-electron chi connectivity index (χ2n) is 6.82. The Hall–Kier alpha value is -0.160. The molecule has 0 bridgehead atoms. The molecule has 3 rings (SSSR count). The van der Waals surface area contributed by atoms with E-state index in [4.69, 9.17) is 10.5 Å². The minimum absolute atomic E-state index is 0.200. The molecule has 19 heavy (non-hydrogen) atoms. The van der Waals surface area contributed by atoms with Crippen molar-refractivity contribution in [1.82, 2.24) is 9.80 Å². The van der Waals surface area contributed by atoms with Crippen LogP contribution in [0.2, 0.25) is 0 Å². The normalized spacial score (nSPS) is 32.4. The van der Waals surface area contributed by atoms with Crippen LogP contribution in [0.3, 0.4) is 0 Å². The average molecular weight is 267 g/mol. The highest BCUT2D eigenvalue weighted by atomic mass is 16.5. The van der Waals surface area contributed by atoms with E-state index in [1.165, 1.54) is 38.6 Å². The molecule has 0 aromatic rings. The molecule has 4 heteroatoms. The van der Waals surface area contributed by atoms with Crippen LogP contribution in [0.1, 0.15) is 32.1 Å². The molecule has 1 aliphatic heterocycles. The monoisotopic (exact) mass is 267 g/mol. The maximum absolute atomic E-state index is 6.11. The summed E-state index contributed by atoms with van der Waals surface area (Å²) in [6.45, 7) is 6.01. The first kappa shape index (κ1) is 13.8. The third-order valence-electron chi connectivity index (χ3n) is 5.24. The topological polar surface area (TPSA) is 41.7 Å². The van der Waals surface area contributed by atoms with Gasteiger partial charge in [-0.2, -0.15) is 0 Å². The molecule has 0 aromatic heterocycles. The lowest BCUT2D eigenvalue weighted by Gasteiger charge is -2.38. The molecule has 0 aromatic carbocycles. The fourth-order valence-corrected chi connectivity index (χ4v) is 3.25. The lowest BCUT2D eigenvalue weighted by Crippen LogP contribution is -2.55. The molecule has 2 saturated carbocycles. The van der Waals surface area contributed by atoms with Gasteiger partial charge in [-0.3, -0.25) is 9.80 Å². The van der Waals surface area contributed by atoms with E-state index in [1.54, 1.807) is 0 Å². The summed E-state index contributed by atoms with van der Waals surface area (Å²) < 4.78 is 5.77. The molecule has 2 aliphatic carbocycles. The summed E-state index contributed by atoms with van der Waals surface area (Å²) in [4.78, 5) is 5.11. The molecule has 2 N–H and O–H groups in total. The molecule has 4 nitrogen and oxygen atoms in total. The van der Waals surface area contributed by atoms with Crippen molar-refractivity contribution in [2.24, 2.45) is 11.7 Å². The van der Waals surface area contributed by atoms with Crippen LogP contribution in [0.25, 0.3) is 0 Å². The predicted octanol–water partition coefficient (Wildman–Crippen LogP) is 0.910. The first-order valence-electron chi connectivity index (χ1n) is 7.97. The Morgan fingerprint density at radius 3 is 2.74 bits per heavy atom. The minimum Gasteiger partial charge on any atom is -0.380 e. The number of hydrogen-bond acceptors (Lipinski definition) is 4. The van der Waals surface area contributed by atoms with Gasteiger partial charge in [-0.05, 0) is 45.1 Å². The Labute approximate surface area is 117 Å². The Bertz CT molecular complexity index is 304. The van der Waals surface area contributed by atoms with Crippen molar-refractivity contribution in [3.63, 3.8) is 0 Å². The van der Waals surface area contributed by atoms with Gasteiger partial charge in [-0.15, -0.1) is 0 Å². The van der Waals surface area contributed by atoms with Gasteiger partial charge in [-0.25, -0.2) is 0 Å². The van der Waals surface area contributed by atoms with Crippen LogP contribution >= 0.6 is 0 Å². The van der Waals surface area contributed by atoms with Crippen molar-refractivity contribution >= 4 is 0 Å². The summed E-state index contributed by atoms with van der Waals surface area (Å²) in [5, 5.41) is 0. The summed E-state index contributed by atoms with van der Waals surface area (Å²) in [5.74, 6) is 0.866. The van der Waals surface area contributed by atoms with E-state index < -0.39 is 0 Å². The van der Waals surface area contributed by atoms with E-state index in [-0.39, 0.29) is 5.54 Å². The maximum atomic E-state index is 6.11. The van der Waals surface area contributed by atoms with Crippen LogP contribution in [-0.2, 0) is 4.74 Å². The molecule has 3 fully saturated rings. The number of ether oxygens (including phenoxy) is 1. The quantitative estimate of drug-likeness (QED) is 0.664. The van der Waals surface area contributed by atoms with E-state index >= 15 is 0 Å². The van der Waals surface area contributed by atoms with Crippen molar-refractivity contribution < 1.29 is 4.74 Å². The first-order chi connectivity index (χ1) is 9.23. The summed E-state index contributed by atoms with van der Waals surface area (Å²) >= 11 is 0. The standard InChI is InChI=1S/C15H29N3O/c1-17(8-9-19-10-13-2-3-13)15(11-16)6-7-18(12-15)14-4-5-14/h13-14H,2-12,16H2,1H3. The summed E-state index contributed by atoms with van der Waals surface area (Å²) in [7, 11) is 2.23. The Morgan fingerprint density at radius 1 is 1.32 bits per heavy atom. The second-order valence-corrected chi connectivity index (χ2v) is 6.82. The van der Waals surface area contributed by atoms with Crippen LogP contribution in [0.4, 0.5) is 0 Å². The first-order valence-corrected chi connectivity index (χ1v) is 7.97. The minimum atomic E-state index is 0.200. The number of rotatable bonds is 8. The number of nitrogens with zero attached hydrogens (tertiary/aromatic N) is 2. The molecular weight excluding hydrogens is 238 g/mol. The predicted molar refractivity (Wildman–Crippen MR) is 77.2 cm³/mol. The molecule has 1 saturated heterocycles. The van der Waals surface area contributed by atoms with E-state index in [0.717, 1.165) is 44.8 Å². The van der Waals surface area contributed by atoms with Crippen LogP contribution in [0.15, 0.2) is 0 Å². The Kier molecular flexibility index (Phi) is 4.13. The van der Waals surface area contributed by atoms with Crippen LogP contribution in [0, 0.1) is 5.92 Å². The zero-order valence-electron chi connectivity index (χ0n) is 12.3. The largest absolute Gasteiger partial charge is 0.380 e. The van der Waals surface area contributed by atoms with E-state index in [1.807, 2.05) is 0 Å². The molecular formula is C15H29N3O. The van der Waals surface area contributed by atoms with Gasteiger partial charge in [-0.1, -0.05) is 0 Å². The van der Waals surface area contributed by atoms with Crippen LogP contribution in [-0.4, -0.2) is 67.8 Å². The number of likely N-dealkylation sites (N-methyl/N-ethyl adjacent to an activating group) is 1.